The van der Waals surface area contributed by atoms with Gasteiger partial charge >= 0.3 is 0 Å². The molecule has 0 spiro atoms. The normalized spacial score (nSPS) is 14.7. The van der Waals surface area contributed by atoms with Crippen molar-refractivity contribution in [3.05, 3.63) is 101 Å². The first-order chi connectivity index (χ1) is 19.4. The SMILES string of the molecule is Nc1nc(-c2cccc(N3C=Cc4cc(C5CC5)cc(F)c4C3)c2CO)c2cc(-c3cc(F)cc(F)c3)[nH]c2n1. The minimum Gasteiger partial charge on any atom is -0.392 e. The van der Waals surface area contributed by atoms with E-state index in [1.165, 1.54) is 12.1 Å². The van der Waals surface area contributed by atoms with Crippen LogP contribution in [0.1, 0.15) is 41.0 Å². The van der Waals surface area contributed by atoms with Crippen molar-refractivity contribution in [2.24, 2.45) is 0 Å². The summed E-state index contributed by atoms with van der Waals surface area (Å²) in [5.41, 5.74) is 12.0. The van der Waals surface area contributed by atoms with Crippen LogP contribution in [0.25, 0.3) is 39.6 Å². The number of nitrogen functional groups attached to an aromatic ring is 1. The topological polar surface area (TPSA) is 91.1 Å². The number of aromatic amines is 1. The van der Waals surface area contributed by atoms with Gasteiger partial charge in [0.2, 0.25) is 5.95 Å². The molecule has 2 aliphatic rings. The van der Waals surface area contributed by atoms with Crippen LogP contribution in [0.3, 0.4) is 0 Å². The molecule has 0 amide bonds. The standard InChI is InChI=1S/C31H24F3N5O/c32-20-9-19(10-21(33)12-20)27-13-23-29(37-31(35)38-30(23)36-27)22-2-1-3-28(25(22)15-40)39-7-6-17-8-18(16-4-5-16)11-26(34)24(17)14-39/h1-3,6-13,16,40H,4-5,14-15H2,(H3,35,36,37,38). The first kappa shape index (κ1) is 24.4. The van der Waals surface area contributed by atoms with Gasteiger partial charge in [0.05, 0.1) is 18.8 Å². The van der Waals surface area contributed by atoms with Gasteiger partial charge in [-0.2, -0.15) is 4.98 Å². The summed E-state index contributed by atoms with van der Waals surface area (Å²) < 4.78 is 43.0. The van der Waals surface area contributed by atoms with E-state index in [0.717, 1.165) is 30.0 Å². The van der Waals surface area contributed by atoms with E-state index in [2.05, 4.69) is 21.0 Å². The van der Waals surface area contributed by atoms with Crippen LogP contribution in [-0.4, -0.2) is 20.1 Å². The average Bonchev–Trinajstić information content (AvgIpc) is 3.70. The highest BCUT2D eigenvalue weighted by molar-refractivity contribution is 5.96. The summed E-state index contributed by atoms with van der Waals surface area (Å²) in [4.78, 5) is 13.7. The average molecular weight is 540 g/mol. The third-order valence-electron chi connectivity index (χ3n) is 7.62. The van der Waals surface area contributed by atoms with Crippen LogP contribution in [0.5, 0.6) is 0 Å². The second-order valence-electron chi connectivity index (χ2n) is 10.3. The lowest BCUT2D eigenvalue weighted by atomic mass is 9.96. The Bertz CT molecular complexity index is 1820. The number of aromatic nitrogens is 3. The first-order valence-electron chi connectivity index (χ1n) is 13.0. The van der Waals surface area contributed by atoms with Crippen molar-refractivity contribution in [1.29, 1.82) is 0 Å². The van der Waals surface area contributed by atoms with Gasteiger partial charge in [0.15, 0.2) is 0 Å². The van der Waals surface area contributed by atoms with E-state index >= 15 is 4.39 Å². The van der Waals surface area contributed by atoms with Crippen LogP contribution < -0.4 is 10.6 Å². The van der Waals surface area contributed by atoms with Crippen LogP contribution in [-0.2, 0) is 13.2 Å². The van der Waals surface area contributed by atoms with Crippen LogP contribution in [0.2, 0.25) is 0 Å². The van der Waals surface area contributed by atoms with Crippen LogP contribution in [0.4, 0.5) is 24.8 Å². The van der Waals surface area contributed by atoms with Gasteiger partial charge in [-0.3, -0.25) is 0 Å². The highest BCUT2D eigenvalue weighted by atomic mass is 19.1. The van der Waals surface area contributed by atoms with Gasteiger partial charge in [-0.15, -0.1) is 0 Å². The van der Waals surface area contributed by atoms with Gasteiger partial charge in [-0.05, 0) is 66.3 Å². The van der Waals surface area contributed by atoms with Gasteiger partial charge < -0.3 is 20.7 Å². The largest absolute Gasteiger partial charge is 0.392 e. The summed E-state index contributed by atoms with van der Waals surface area (Å²) in [5.74, 6) is -1.18. The first-order valence-corrected chi connectivity index (χ1v) is 13.0. The maximum atomic E-state index is 15.2. The van der Waals surface area contributed by atoms with Crippen molar-refractivity contribution in [1.82, 2.24) is 15.0 Å². The van der Waals surface area contributed by atoms with Gasteiger partial charge in [-0.1, -0.05) is 18.2 Å². The van der Waals surface area contributed by atoms with Crippen LogP contribution in [0.15, 0.2) is 60.8 Å². The number of halogens is 3. The molecule has 5 aromatic rings. The van der Waals surface area contributed by atoms with Crippen molar-refractivity contribution >= 4 is 28.7 Å². The van der Waals surface area contributed by atoms with Crippen molar-refractivity contribution in [3.8, 4) is 22.5 Å². The summed E-state index contributed by atoms with van der Waals surface area (Å²) in [6.07, 6.45) is 6.00. The number of fused-ring (bicyclic) bond motifs is 2. The Labute approximate surface area is 227 Å². The van der Waals surface area contributed by atoms with Crippen molar-refractivity contribution < 1.29 is 18.3 Å². The zero-order valence-corrected chi connectivity index (χ0v) is 21.3. The molecule has 3 heterocycles. The molecule has 1 fully saturated rings. The number of nitrogens with zero attached hydrogens (tertiary/aromatic N) is 3. The Hall–Kier alpha value is -4.63. The number of aliphatic hydroxyl groups is 1. The van der Waals surface area contributed by atoms with E-state index in [0.29, 0.717) is 62.8 Å². The molecule has 7 rings (SSSR count). The smallest absolute Gasteiger partial charge is 0.222 e. The second-order valence-corrected chi connectivity index (χ2v) is 10.3. The zero-order valence-electron chi connectivity index (χ0n) is 21.3. The van der Waals surface area contributed by atoms with E-state index in [1.54, 1.807) is 12.1 Å². The lowest BCUT2D eigenvalue weighted by Gasteiger charge is -2.29. The molecular formula is C31H24F3N5O. The third kappa shape index (κ3) is 4.19. The number of hydrogen-bond acceptors (Lipinski definition) is 5. The number of anilines is 2. The number of H-pyrrole nitrogens is 1. The molecule has 0 atom stereocenters. The van der Waals surface area contributed by atoms with Gasteiger partial charge in [0, 0.05) is 51.3 Å². The fourth-order valence-electron chi connectivity index (χ4n) is 5.53. The zero-order chi connectivity index (χ0) is 27.5. The van der Waals surface area contributed by atoms with Gasteiger partial charge in [-0.25, -0.2) is 18.2 Å². The highest BCUT2D eigenvalue weighted by Crippen LogP contribution is 2.43. The molecule has 1 saturated carbocycles. The molecule has 1 aliphatic heterocycles. The van der Waals surface area contributed by atoms with Crippen molar-refractivity contribution in [2.45, 2.75) is 31.9 Å². The second kappa shape index (κ2) is 9.24. The van der Waals surface area contributed by atoms with Crippen LogP contribution >= 0.6 is 0 Å². The number of benzene rings is 3. The van der Waals surface area contributed by atoms with E-state index in [4.69, 9.17) is 5.73 Å². The molecule has 0 radical (unpaired) electrons. The van der Waals surface area contributed by atoms with Crippen LogP contribution in [0, 0.1) is 17.5 Å². The molecule has 0 saturated heterocycles. The molecule has 6 nitrogen and oxygen atoms in total. The molecule has 200 valence electrons. The number of hydrogen-bond donors (Lipinski definition) is 3. The Morgan fingerprint density at radius 1 is 1.00 bits per heavy atom. The molecule has 1 aliphatic carbocycles. The molecule has 2 aromatic heterocycles. The molecule has 3 aromatic carbocycles. The Morgan fingerprint density at radius 2 is 1.80 bits per heavy atom. The molecule has 40 heavy (non-hydrogen) atoms. The molecule has 4 N–H and O–H groups in total. The molecule has 9 heteroatoms. The van der Waals surface area contributed by atoms with E-state index in [9.17, 15) is 13.9 Å². The summed E-state index contributed by atoms with van der Waals surface area (Å²) >= 11 is 0. The Morgan fingerprint density at radius 3 is 2.55 bits per heavy atom. The van der Waals surface area contributed by atoms with Crippen molar-refractivity contribution in [3.63, 3.8) is 0 Å². The van der Waals surface area contributed by atoms with E-state index in [-0.39, 0.29) is 18.4 Å². The molecular weight excluding hydrogens is 515 g/mol. The Kier molecular flexibility index (Phi) is 5.64. The van der Waals surface area contributed by atoms with E-state index < -0.39 is 11.6 Å². The predicted molar refractivity (Wildman–Crippen MR) is 149 cm³/mol. The maximum Gasteiger partial charge on any atom is 0.222 e. The lowest BCUT2D eigenvalue weighted by molar-refractivity contribution is 0.282. The number of aliphatic hydroxyl groups excluding tert-OH is 1. The molecule has 0 unspecified atom stereocenters. The molecule has 0 bridgehead atoms. The van der Waals surface area contributed by atoms with Gasteiger partial charge in [0.1, 0.15) is 23.1 Å². The highest BCUT2D eigenvalue weighted by Gasteiger charge is 2.27. The fraction of sp³-hybridized carbons (Fsp3) is 0.161. The summed E-state index contributed by atoms with van der Waals surface area (Å²) in [6, 6.07) is 14.2. The number of nitrogens with two attached hydrogens (primary N) is 1. The summed E-state index contributed by atoms with van der Waals surface area (Å²) in [5, 5.41) is 11.1. The monoisotopic (exact) mass is 539 g/mol. The third-order valence-corrected chi connectivity index (χ3v) is 7.62. The maximum absolute atomic E-state index is 15.2. The Balaban J connectivity index is 1.32. The minimum absolute atomic E-state index is 0.00375. The fourth-order valence-corrected chi connectivity index (χ4v) is 5.53. The number of rotatable bonds is 5. The number of nitrogens with one attached hydrogen (secondary N) is 1. The predicted octanol–water partition coefficient (Wildman–Crippen LogP) is 6.65. The van der Waals surface area contributed by atoms with E-state index in [1.807, 2.05) is 35.4 Å². The van der Waals surface area contributed by atoms with Crippen molar-refractivity contribution in [2.75, 3.05) is 10.6 Å². The summed E-state index contributed by atoms with van der Waals surface area (Å²) in [6.45, 7) is -0.0105. The quantitative estimate of drug-likeness (QED) is 0.233. The summed E-state index contributed by atoms with van der Waals surface area (Å²) in [7, 11) is 0. The lowest BCUT2D eigenvalue weighted by Crippen LogP contribution is -2.22. The van der Waals surface area contributed by atoms with Gasteiger partial charge in [0.25, 0.3) is 0 Å². The minimum atomic E-state index is -0.703.